The molecule has 0 N–H and O–H groups in total. The van der Waals surface area contributed by atoms with Crippen LogP contribution in [0, 0.1) is 6.92 Å². The fraction of sp³-hybridized carbons (Fsp3) is 0.538. The molecular formula is C13H18N4. The van der Waals surface area contributed by atoms with Crippen LogP contribution in [0.25, 0.3) is 10.4 Å². The van der Waals surface area contributed by atoms with Gasteiger partial charge in [-0.15, -0.1) is 0 Å². The number of benzene rings is 1. The van der Waals surface area contributed by atoms with Gasteiger partial charge in [-0.1, -0.05) is 22.8 Å². The zero-order valence-corrected chi connectivity index (χ0v) is 10.3. The SMILES string of the molecule is Cc1ccc(N2CCCCC2)c(CN=[N+]=[N-])c1. The van der Waals surface area contributed by atoms with Crippen LogP contribution >= 0.6 is 0 Å². The predicted octanol–water partition coefficient (Wildman–Crippen LogP) is 3.80. The van der Waals surface area contributed by atoms with Gasteiger partial charge in [-0.3, -0.25) is 0 Å². The number of piperidine rings is 1. The predicted molar refractivity (Wildman–Crippen MR) is 70.1 cm³/mol. The van der Waals surface area contributed by atoms with Gasteiger partial charge in [0.25, 0.3) is 0 Å². The van der Waals surface area contributed by atoms with E-state index >= 15 is 0 Å². The Hall–Kier alpha value is -1.67. The Labute approximate surface area is 102 Å². The van der Waals surface area contributed by atoms with Crippen molar-refractivity contribution in [2.45, 2.75) is 32.7 Å². The lowest BCUT2D eigenvalue weighted by atomic mass is 10.1. The Morgan fingerprint density at radius 3 is 2.76 bits per heavy atom. The van der Waals surface area contributed by atoms with Gasteiger partial charge in [0.1, 0.15) is 0 Å². The summed E-state index contributed by atoms with van der Waals surface area (Å²) in [7, 11) is 0. The summed E-state index contributed by atoms with van der Waals surface area (Å²) in [5.41, 5.74) is 12.0. The van der Waals surface area contributed by atoms with Crippen molar-refractivity contribution in [1.82, 2.24) is 0 Å². The monoisotopic (exact) mass is 230 g/mol. The van der Waals surface area contributed by atoms with Crippen molar-refractivity contribution < 1.29 is 0 Å². The number of aryl methyl sites for hydroxylation is 1. The minimum absolute atomic E-state index is 0.448. The average Bonchev–Trinajstić information content (AvgIpc) is 2.37. The zero-order valence-electron chi connectivity index (χ0n) is 10.3. The Bertz CT molecular complexity index is 429. The maximum Gasteiger partial charge on any atom is 0.0531 e. The molecular weight excluding hydrogens is 212 g/mol. The van der Waals surface area contributed by atoms with Gasteiger partial charge in [0.15, 0.2) is 0 Å². The molecule has 1 fully saturated rings. The zero-order chi connectivity index (χ0) is 12.1. The second-order valence-electron chi connectivity index (χ2n) is 4.57. The van der Waals surface area contributed by atoms with Gasteiger partial charge >= 0.3 is 0 Å². The molecule has 0 amide bonds. The highest BCUT2D eigenvalue weighted by atomic mass is 15.2. The van der Waals surface area contributed by atoms with Gasteiger partial charge in [-0.05, 0) is 43.3 Å². The Morgan fingerprint density at radius 1 is 1.29 bits per heavy atom. The van der Waals surface area contributed by atoms with E-state index in [1.165, 1.54) is 30.5 Å². The molecule has 90 valence electrons. The third kappa shape index (κ3) is 2.92. The molecule has 0 aliphatic carbocycles. The van der Waals surface area contributed by atoms with E-state index < -0.39 is 0 Å². The maximum atomic E-state index is 8.44. The lowest BCUT2D eigenvalue weighted by Gasteiger charge is -2.30. The number of rotatable bonds is 3. The van der Waals surface area contributed by atoms with Crippen LogP contribution < -0.4 is 4.90 Å². The first kappa shape index (κ1) is 11.8. The van der Waals surface area contributed by atoms with Crippen molar-refractivity contribution in [2.24, 2.45) is 5.11 Å². The van der Waals surface area contributed by atoms with Crippen LogP contribution in [-0.2, 0) is 6.54 Å². The molecule has 0 radical (unpaired) electrons. The van der Waals surface area contributed by atoms with Crippen LogP contribution in [0.1, 0.15) is 30.4 Å². The molecule has 0 bridgehead atoms. The summed E-state index contributed by atoms with van der Waals surface area (Å²) in [4.78, 5) is 5.26. The molecule has 17 heavy (non-hydrogen) atoms. The standard InChI is InChI=1S/C13H18N4/c1-11-5-6-13(12(9-11)10-15-16-14)17-7-3-2-4-8-17/h5-6,9H,2-4,7-8,10H2,1H3. The highest BCUT2D eigenvalue weighted by molar-refractivity contribution is 5.55. The summed E-state index contributed by atoms with van der Waals surface area (Å²) in [5, 5.41) is 3.69. The summed E-state index contributed by atoms with van der Waals surface area (Å²) in [5.74, 6) is 0. The lowest BCUT2D eigenvalue weighted by Crippen LogP contribution is -2.30. The largest absolute Gasteiger partial charge is 0.371 e. The summed E-state index contributed by atoms with van der Waals surface area (Å²) in [6.45, 7) is 4.75. The Kier molecular flexibility index (Phi) is 3.89. The molecule has 0 aromatic heterocycles. The first-order valence-corrected chi connectivity index (χ1v) is 6.16. The van der Waals surface area contributed by atoms with E-state index in [4.69, 9.17) is 5.53 Å². The molecule has 0 unspecified atom stereocenters. The third-order valence-electron chi connectivity index (χ3n) is 3.24. The maximum absolute atomic E-state index is 8.44. The smallest absolute Gasteiger partial charge is 0.0531 e. The van der Waals surface area contributed by atoms with Gasteiger partial charge in [-0.2, -0.15) is 0 Å². The minimum Gasteiger partial charge on any atom is -0.371 e. The lowest BCUT2D eigenvalue weighted by molar-refractivity contribution is 0.576. The fourth-order valence-electron chi connectivity index (χ4n) is 2.39. The van der Waals surface area contributed by atoms with E-state index in [9.17, 15) is 0 Å². The summed E-state index contributed by atoms with van der Waals surface area (Å²) < 4.78 is 0. The van der Waals surface area contributed by atoms with Gasteiger partial charge in [0, 0.05) is 23.7 Å². The van der Waals surface area contributed by atoms with Crippen LogP contribution in [0.3, 0.4) is 0 Å². The molecule has 1 aromatic carbocycles. The van der Waals surface area contributed by atoms with Crippen molar-refractivity contribution in [1.29, 1.82) is 0 Å². The number of anilines is 1. The first-order valence-electron chi connectivity index (χ1n) is 6.16. The van der Waals surface area contributed by atoms with Crippen LogP contribution in [0.5, 0.6) is 0 Å². The van der Waals surface area contributed by atoms with Crippen LogP contribution in [0.2, 0.25) is 0 Å². The fourth-order valence-corrected chi connectivity index (χ4v) is 2.39. The normalized spacial score (nSPS) is 15.5. The molecule has 1 aromatic rings. The van der Waals surface area contributed by atoms with Gasteiger partial charge < -0.3 is 4.90 Å². The van der Waals surface area contributed by atoms with Crippen molar-refractivity contribution in [3.8, 4) is 0 Å². The number of hydrogen-bond donors (Lipinski definition) is 0. The second-order valence-corrected chi connectivity index (χ2v) is 4.57. The Balaban J connectivity index is 2.27. The summed E-state index contributed by atoms with van der Waals surface area (Å²) in [6.07, 6.45) is 3.84. The highest BCUT2D eigenvalue weighted by Crippen LogP contribution is 2.25. The number of hydrogen-bond acceptors (Lipinski definition) is 2. The van der Waals surface area contributed by atoms with E-state index in [2.05, 4.69) is 40.0 Å². The van der Waals surface area contributed by atoms with E-state index in [1.54, 1.807) is 0 Å². The minimum atomic E-state index is 0.448. The molecule has 4 heteroatoms. The van der Waals surface area contributed by atoms with E-state index in [0.717, 1.165) is 18.7 Å². The molecule has 1 saturated heterocycles. The van der Waals surface area contributed by atoms with Crippen LogP contribution in [0.15, 0.2) is 23.3 Å². The molecule has 0 spiro atoms. The molecule has 0 atom stereocenters. The van der Waals surface area contributed by atoms with Gasteiger partial charge in [0.2, 0.25) is 0 Å². The summed E-state index contributed by atoms with van der Waals surface area (Å²) >= 11 is 0. The third-order valence-corrected chi connectivity index (χ3v) is 3.24. The molecule has 4 nitrogen and oxygen atoms in total. The number of azide groups is 1. The Morgan fingerprint density at radius 2 is 2.06 bits per heavy atom. The van der Waals surface area contributed by atoms with E-state index in [0.29, 0.717) is 6.54 Å². The number of nitrogens with zero attached hydrogens (tertiary/aromatic N) is 4. The molecule has 2 rings (SSSR count). The van der Waals surface area contributed by atoms with Crippen molar-refractivity contribution in [3.63, 3.8) is 0 Å². The highest BCUT2D eigenvalue weighted by Gasteiger charge is 2.13. The quantitative estimate of drug-likeness (QED) is 0.442. The van der Waals surface area contributed by atoms with Crippen LogP contribution in [-0.4, -0.2) is 13.1 Å². The average molecular weight is 230 g/mol. The van der Waals surface area contributed by atoms with E-state index in [-0.39, 0.29) is 0 Å². The molecule has 1 heterocycles. The van der Waals surface area contributed by atoms with Crippen molar-refractivity contribution in [3.05, 3.63) is 39.8 Å². The summed E-state index contributed by atoms with van der Waals surface area (Å²) in [6, 6.07) is 6.41. The molecule has 1 aliphatic heterocycles. The van der Waals surface area contributed by atoms with E-state index in [1.807, 2.05) is 0 Å². The van der Waals surface area contributed by atoms with Gasteiger partial charge in [-0.25, -0.2) is 0 Å². The topological polar surface area (TPSA) is 52.0 Å². The second kappa shape index (κ2) is 5.60. The molecule has 0 saturated carbocycles. The van der Waals surface area contributed by atoms with Crippen molar-refractivity contribution in [2.75, 3.05) is 18.0 Å². The van der Waals surface area contributed by atoms with Crippen molar-refractivity contribution >= 4 is 5.69 Å². The molecule has 1 aliphatic rings. The first-order chi connectivity index (χ1) is 8.31. The van der Waals surface area contributed by atoms with Gasteiger partial charge in [0.05, 0.1) is 6.54 Å². The van der Waals surface area contributed by atoms with Crippen LogP contribution in [0.4, 0.5) is 5.69 Å².